The Bertz CT molecular complexity index is 728. The van der Waals surface area contributed by atoms with Gasteiger partial charge in [-0.3, -0.25) is 4.79 Å². The second kappa shape index (κ2) is 5.45. The molecule has 3 rings (SSSR count). The van der Waals surface area contributed by atoms with Crippen molar-refractivity contribution in [1.29, 1.82) is 0 Å². The minimum Gasteiger partial charge on any atom is -0.493 e. The van der Waals surface area contributed by atoms with Crippen LogP contribution in [0.3, 0.4) is 0 Å². The molecule has 0 fully saturated rings. The third-order valence-corrected chi connectivity index (χ3v) is 3.62. The lowest BCUT2D eigenvalue weighted by Gasteiger charge is -2.09. The predicted molar refractivity (Wildman–Crippen MR) is 75.0 cm³/mol. The molecule has 0 spiro atoms. The first-order valence-corrected chi connectivity index (χ1v) is 6.85. The maximum atomic E-state index is 13.6. The zero-order valence-corrected chi connectivity index (χ0v) is 11.7. The van der Waals surface area contributed by atoms with Crippen LogP contribution in [0.2, 0.25) is 5.02 Å². The molecule has 0 saturated carbocycles. The molecule has 0 atom stereocenters. The lowest BCUT2D eigenvalue weighted by molar-refractivity contribution is 0.0987. The second-order valence-corrected chi connectivity index (χ2v) is 5.31. The average Bonchev–Trinajstić information content (AvgIpc) is 2.89. The molecule has 0 bridgehead atoms. The van der Waals surface area contributed by atoms with E-state index >= 15 is 0 Å². The molecule has 0 unspecified atom stereocenters. The van der Waals surface area contributed by atoms with Gasteiger partial charge in [-0.1, -0.05) is 11.6 Å². The van der Waals surface area contributed by atoms with Crippen LogP contribution in [0.15, 0.2) is 30.3 Å². The summed E-state index contributed by atoms with van der Waals surface area (Å²) in [4.78, 5) is 12.2. The first kappa shape index (κ1) is 14.0. The third kappa shape index (κ3) is 2.76. The number of hydrogen-bond acceptors (Lipinski definition) is 2. The monoisotopic (exact) mass is 308 g/mol. The third-order valence-electron chi connectivity index (χ3n) is 3.41. The SMILES string of the molecule is O=C(Cc1cc(Cl)cc2c1OCC2)c1cc(F)ccc1F. The van der Waals surface area contributed by atoms with Crippen molar-refractivity contribution in [2.75, 3.05) is 6.61 Å². The van der Waals surface area contributed by atoms with Crippen molar-refractivity contribution in [1.82, 2.24) is 0 Å². The molecule has 1 aliphatic rings. The van der Waals surface area contributed by atoms with E-state index < -0.39 is 17.4 Å². The lowest BCUT2D eigenvalue weighted by atomic mass is 9.99. The summed E-state index contributed by atoms with van der Waals surface area (Å²) < 4.78 is 32.3. The molecule has 21 heavy (non-hydrogen) atoms. The predicted octanol–water partition coefficient (Wildman–Crippen LogP) is 3.98. The maximum absolute atomic E-state index is 13.6. The van der Waals surface area contributed by atoms with E-state index in [1.54, 1.807) is 12.1 Å². The standard InChI is InChI=1S/C16H11ClF2O2/c17-11-5-9-3-4-21-16(9)10(6-11)7-15(20)13-8-12(18)1-2-14(13)19/h1-2,5-6,8H,3-4,7H2. The van der Waals surface area contributed by atoms with Crippen molar-refractivity contribution in [2.45, 2.75) is 12.8 Å². The first-order valence-electron chi connectivity index (χ1n) is 6.47. The van der Waals surface area contributed by atoms with Crippen molar-refractivity contribution in [3.8, 4) is 5.75 Å². The van der Waals surface area contributed by atoms with Gasteiger partial charge >= 0.3 is 0 Å². The summed E-state index contributed by atoms with van der Waals surface area (Å²) in [6.07, 6.45) is 0.647. The van der Waals surface area contributed by atoms with Gasteiger partial charge in [-0.25, -0.2) is 8.78 Å². The molecule has 1 aliphatic heterocycles. The summed E-state index contributed by atoms with van der Waals surface area (Å²) in [7, 11) is 0. The summed E-state index contributed by atoms with van der Waals surface area (Å²) in [5.74, 6) is -1.26. The maximum Gasteiger partial charge on any atom is 0.170 e. The fraction of sp³-hybridized carbons (Fsp3) is 0.188. The van der Waals surface area contributed by atoms with Crippen LogP contribution in [0.1, 0.15) is 21.5 Å². The average molecular weight is 309 g/mol. The van der Waals surface area contributed by atoms with E-state index in [1.807, 2.05) is 0 Å². The zero-order chi connectivity index (χ0) is 15.0. The number of fused-ring (bicyclic) bond motifs is 1. The zero-order valence-electron chi connectivity index (χ0n) is 11.0. The fourth-order valence-corrected chi connectivity index (χ4v) is 2.72. The van der Waals surface area contributed by atoms with Crippen LogP contribution in [0, 0.1) is 11.6 Å². The Labute approximate surface area is 125 Å². The Morgan fingerprint density at radius 3 is 2.86 bits per heavy atom. The Kier molecular flexibility index (Phi) is 3.64. The van der Waals surface area contributed by atoms with E-state index in [4.69, 9.17) is 16.3 Å². The molecule has 2 aromatic carbocycles. The van der Waals surface area contributed by atoms with Gasteiger partial charge < -0.3 is 4.74 Å². The van der Waals surface area contributed by atoms with Crippen LogP contribution >= 0.6 is 11.6 Å². The molecule has 0 N–H and O–H groups in total. The summed E-state index contributed by atoms with van der Waals surface area (Å²) in [6, 6.07) is 6.25. The van der Waals surface area contributed by atoms with Crippen LogP contribution in [0.5, 0.6) is 5.75 Å². The molecule has 1 heterocycles. The Hall–Kier alpha value is -1.94. The van der Waals surface area contributed by atoms with E-state index in [9.17, 15) is 13.6 Å². The number of halogens is 3. The number of carbonyl (C=O) groups is 1. The second-order valence-electron chi connectivity index (χ2n) is 4.88. The van der Waals surface area contributed by atoms with Gasteiger partial charge in [0.25, 0.3) is 0 Å². The van der Waals surface area contributed by atoms with Crippen molar-refractivity contribution in [3.63, 3.8) is 0 Å². The van der Waals surface area contributed by atoms with Gasteiger partial charge in [0.05, 0.1) is 12.2 Å². The smallest absolute Gasteiger partial charge is 0.170 e. The van der Waals surface area contributed by atoms with Crippen molar-refractivity contribution < 1.29 is 18.3 Å². The van der Waals surface area contributed by atoms with Gasteiger partial charge in [0.1, 0.15) is 17.4 Å². The van der Waals surface area contributed by atoms with Crippen LogP contribution in [0.25, 0.3) is 0 Å². The molecule has 0 amide bonds. The molecule has 108 valence electrons. The van der Waals surface area contributed by atoms with Crippen molar-refractivity contribution in [3.05, 3.63) is 63.7 Å². The first-order chi connectivity index (χ1) is 10.0. The number of ether oxygens (including phenoxy) is 1. The minimum atomic E-state index is -0.735. The highest BCUT2D eigenvalue weighted by Crippen LogP contribution is 2.33. The van der Waals surface area contributed by atoms with Gasteiger partial charge in [-0.05, 0) is 35.9 Å². The number of carbonyl (C=O) groups excluding carboxylic acids is 1. The largest absolute Gasteiger partial charge is 0.493 e. The molecule has 5 heteroatoms. The van der Waals surface area contributed by atoms with Gasteiger partial charge in [0, 0.05) is 23.4 Å². The summed E-state index contributed by atoms with van der Waals surface area (Å²) >= 11 is 6.01. The molecular weight excluding hydrogens is 298 g/mol. The molecule has 2 nitrogen and oxygen atoms in total. The number of rotatable bonds is 3. The van der Waals surface area contributed by atoms with Crippen molar-refractivity contribution >= 4 is 17.4 Å². The highest BCUT2D eigenvalue weighted by molar-refractivity contribution is 6.30. The van der Waals surface area contributed by atoms with E-state index in [2.05, 4.69) is 0 Å². The lowest BCUT2D eigenvalue weighted by Crippen LogP contribution is -2.08. The van der Waals surface area contributed by atoms with Gasteiger partial charge in [-0.2, -0.15) is 0 Å². The van der Waals surface area contributed by atoms with Gasteiger partial charge in [0.2, 0.25) is 0 Å². The van der Waals surface area contributed by atoms with E-state index in [0.29, 0.717) is 22.9 Å². The fourth-order valence-electron chi connectivity index (χ4n) is 2.46. The van der Waals surface area contributed by atoms with E-state index in [-0.39, 0.29) is 12.0 Å². The topological polar surface area (TPSA) is 26.3 Å². The summed E-state index contributed by atoms with van der Waals surface area (Å²) in [5.41, 5.74) is 1.27. The molecular formula is C16H11ClF2O2. The highest BCUT2D eigenvalue weighted by Gasteiger charge is 2.21. The molecule has 0 saturated heterocycles. The minimum absolute atomic E-state index is 0.0801. The number of hydrogen-bond donors (Lipinski definition) is 0. The highest BCUT2D eigenvalue weighted by atomic mass is 35.5. The Balaban J connectivity index is 1.94. The Morgan fingerprint density at radius 1 is 1.24 bits per heavy atom. The van der Waals surface area contributed by atoms with Crippen LogP contribution in [-0.4, -0.2) is 12.4 Å². The molecule has 0 aliphatic carbocycles. The van der Waals surface area contributed by atoms with Crippen molar-refractivity contribution in [2.24, 2.45) is 0 Å². The number of Topliss-reactive ketones (excluding diaryl/α,β-unsaturated/α-hetero) is 1. The van der Waals surface area contributed by atoms with Crippen LogP contribution in [0.4, 0.5) is 8.78 Å². The number of benzene rings is 2. The number of ketones is 1. The summed E-state index contributed by atoms with van der Waals surface area (Å²) in [5, 5.41) is 0.502. The van der Waals surface area contributed by atoms with Gasteiger partial charge in [-0.15, -0.1) is 0 Å². The van der Waals surface area contributed by atoms with E-state index in [1.165, 1.54) is 0 Å². The van der Waals surface area contributed by atoms with E-state index in [0.717, 1.165) is 30.2 Å². The van der Waals surface area contributed by atoms with Crippen LogP contribution < -0.4 is 4.74 Å². The molecule has 0 aromatic heterocycles. The quantitative estimate of drug-likeness (QED) is 0.802. The molecule has 2 aromatic rings. The molecule has 0 radical (unpaired) electrons. The summed E-state index contributed by atoms with van der Waals surface area (Å²) in [6.45, 7) is 0.533. The normalized spacial score (nSPS) is 12.9. The Morgan fingerprint density at radius 2 is 2.05 bits per heavy atom. The van der Waals surface area contributed by atoms with Crippen LogP contribution in [-0.2, 0) is 12.8 Å². The van der Waals surface area contributed by atoms with Gasteiger partial charge in [0.15, 0.2) is 5.78 Å².